The first-order chi connectivity index (χ1) is 21.6. The third-order valence-corrected chi connectivity index (χ3v) is 13.6. The van der Waals surface area contributed by atoms with Crippen LogP contribution in [0.3, 0.4) is 0 Å². The Kier molecular flexibility index (Phi) is 9.29. The van der Waals surface area contributed by atoms with Gasteiger partial charge in [-0.15, -0.1) is 6.42 Å². The van der Waals surface area contributed by atoms with Gasteiger partial charge >= 0.3 is 12.1 Å². The number of fused-ring (bicyclic) bond motifs is 6. The molecule has 0 bridgehead atoms. The minimum atomic E-state index is -0.564. The maximum absolute atomic E-state index is 12.9. The quantitative estimate of drug-likeness (QED) is 0.192. The van der Waals surface area contributed by atoms with Crippen molar-refractivity contribution in [3.05, 3.63) is 35.4 Å². The van der Waals surface area contributed by atoms with E-state index in [0.29, 0.717) is 35.5 Å². The van der Waals surface area contributed by atoms with Gasteiger partial charge in [-0.1, -0.05) is 51.0 Å². The molecule has 0 spiro atoms. The first-order valence-electron chi connectivity index (χ1n) is 17.5. The van der Waals surface area contributed by atoms with Crippen LogP contribution >= 0.6 is 0 Å². The second-order valence-corrected chi connectivity index (χ2v) is 15.6. The van der Waals surface area contributed by atoms with Crippen molar-refractivity contribution in [3.8, 4) is 12.3 Å². The number of amides is 1. The molecule has 45 heavy (non-hydrogen) atoms. The van der Waals surface area contributed by atoms with E-state index in [1.807, 2.05) is 18.2 Å². The lowest BCUT2D eigenvalue weighted by atomic mass is 9.43. The Morgan fingerprint density at radius 3 is 2.58 bits per heavy atom. The van der Waals surface area contributed by atoms with E-state index in [1.165, 1.54) is 12.0 Å². The molecule has 7 heteroatoms. The number of aryl methyl sites for hydroxylation is 1. The Hall–Kier alpha value is -2.56. The number of nitrogens with zero attached hydrogens (tertiary/aromatic N) is 1. The molecule has 246 valence electrons. The van der Waals surface area contributed by atoms with Crippen LogP contribution < -0.4 is 0 Å². The molecule has 2 N–H and O–H groups in total. The van der Waals surface area contributed by atoms with Crippen LogP contribution in [0, 0.1) is 58.7 Å². The Balaban J connectivity index is 0.995. The molecular weight excluding hydrogens is 566 g/mol. The summed E-state index contributed by atoms with van der Waals surface area (Å²) in [5.74, 6) is 4.87. The molecule has 7 nitrogen and oxygen atoms in total. The maximum atomic E-state index is 12.9. The summed E-state index contributed by atoms with van der Waals surface area (Å²) >= 11 is 0. The molecule has 1 amide bonds. The van der Waals surface area contributed by atoms with Gasteiger partial charge in [0.1, 0.15) is 0 Å². The Morgan fingerprint density at radius 1 is 1.02 bits per heavy atom. The molecule has 11 atom stereocenters. The topological polar surface area (TPSA) is 96.3 Å². The summed E-state index contributed by atoms with van der Waals surface area (Å²) in [6, 6.07) is 7.93. The van der Waals surface area contributed by atoms with Crippen LogP contribution in [0.25, 0.3) is 0 Å². The second kappa shape index (κ2) is 12.9. The highest BCUT2D eigenvalue weighted by atomic mass is 16.7. The number of aliphatic hydroxyl groups is 2. The first kappa shape index (κ1) is 32.4. The number of carbonyl (C=O) groups is 2. The summed E-state index contributed by atoms with van der Waals surface area (Å²) in [4.78, 5) is 27.2. The molecule has 5 aliphatic rings. The summed E-state index contributed by atoms with van der Waals surface area (Å²) < 4.78 is 10.7. The standard InChI is InChI=1S/C38H53NO6/c1-5-20-39(32-14-11-25-8-6-7-9-28(25)32)36(43)45-23-44-34(42)15-10-24(2)29-12-13-30-35-31(17-19-38(29,30)4)37(3)18-16-27(40)21-26(37)22-33(35)41/h1,6-9,24,26-27,29-33,35,40-41H,10-23H2,2-4H3/t24-,26+,27-,29-,30+,31+,32-,33+,35+,37+,38-/m1/s1. The molecule has 1 aromatic rings. The zero-order valence-electron chi connectivity index (χ0n) is 27.5. The number of hydrogen-bond acceptors (Lipinski definition) is 6. The average molecular weight is 620 g/mol. The molecule has 4 fully saturated rings. The normalized spacial score (nSPS) is 38.9. The van der Waals surface area contributed by atoms with Gasteiger partial charge in [0.2, 0.25) is 6.79 Å². The third kappa shape index (κ3) is 5.91. The van der Waals surface area contributed by atoms with E-state index in [1.54, 1.807) is 4.90 Å². The number of benzene rings is 1. The van der Waals surface area contributed by atoms with Crippen molar-refractivity contribution in [2.75, 3.05) is 13.3 Å². The Morgan fingerprint density at radius 2 is 1.78 bits per heavy atom. The smallest absolute Gasteiger partial charge is 0.413 e. The lowest BCUT2D eigenvalue weighted by Crippen LogP contribution is -2.58. The lowest BCUT2D eigenvalue weighted by molar-refractivity contribution is -0.174. The van der Waals surface area contributed by atoms with Crippen molar-refractivity contribution in [2.24, 2.45) is 46.3 Å². The molecule has 0 unspecified atom stereocenters. The molecule has 0 aliphatic heterocycles. The van der Waals surface area contributed by atoms with Crippen LogP contribution in [-0.2, 0) is 20.7 Å². The summed E-state index contributed by atoms with van der Waals surface area (Å²) in [5, 5.41) is 21.9. The van der Waals surface area contributed by atoms with Crippen molar-refractivity contribution in [1.29, 1.82) is 0 Å². The molecule has 1 aromatic carbocycles. The van der Waals surface area contributed by atoms with E-state index < -0.39 is 12.9 Å². The molecule has 0 saturated heterocycles. The summed E-state index contributed by atoms with van der Waals surface area (Å²) in [6.45, 7) is 6.89. The van der Waals surface area contributed by atoms with Crippen molar-refractivity contribution in [3.63, 3.8) is 0 Å². The summed E-state index contributed by atoms with van der Waals surface area (Å²) in [6.07, 6.45) is 15.4. The highest BCUT2D eigenvalue weighted by Crippen LogP contribution is 2.68. The van der Waals surface area contributed by atoms with Gasteiger partial charge in [-0.25, -0.2) is 4.79 Å². The zero-order chi connectivity index (χ0) is 31.9. The van der Waals surface area contributed by atoms with Crippen LogP contribution in [0.1, 0.15) is 109 Å². The van der Waals surface area contributed by atoms with Crippen LogP contribution in [0.4, 0.5) is 4.79 Å². The van der Waals surface area contributed by atoms with Crippen LogP contribution in [0.2, 0.25) is 0 Å². The van der Waals surface area contributed by atoms with Crippen molar-refractivity contribution >= 4 is 12.1 Å². The summed E-state index contributed by atoms with van der Waals surface area (Å²) in [5.41, 5.74) is 2.70. The minimum absolute atomic E-state index is 0.131. The van der Waals surface area contributed by atoms with Crippen LogP contribution in [-0.4, -0.2) is 52.7 Å². The van der Waals surface area contributed by atoms with E-state index in [0.717, 1.165) is 69.8 Å². The monoisotopic (exact) mass is 619 g/mol. The number of esters is 1. The van der Waals surface area contributed by atoms with Gasteiger partial charge in [-0.3, -0.25) is 9.69 Å². The fraction of sp³-hybridized carbons (Fsp3) is 0.737. The summed E-state index contributed by atoms with van der Waals surface area (Å²) in [7, 11) is 0. The van der Waals surface area contributed by atoms with Crippen molar-refractivity contribution in [1.82, 2.24) is 4.90 Å². The van der Waals surface area contributed by atoms with Gasteiger partial charge in [-0.2, -0.15) is 0 Å². The highest BCUT2D eigenvalue weighted by molar-refractivity contribution is 5.71. The van der Waals surface area contributed by atoms with Crippen molar-refractivity contribution in [2.45, 2.75) is 116 Å². The van der Waals surface area contributed by atoms with Crippen molar-refractivity contribution < 1.29 is 29.3 Å². The number of carbonyl (C=O) groups excluding carboxylic acids is 2. The van der Waals surface area contributed by atoms with Gasteiger partial charge in [0.05, 0.1) is 24.8 Å². The van der Waals surface area contributed by atoms with Gasteiger partial charge < -0.3 is 19.7 Å². The zero-order valence-corrected chi connectivity index (χ0v) is 27.5. The fourth-order valence-corrected chi connectivity index (χ4v) is 11.3. The Labute approximate surface area is 269 Å². The number of terminal acetylenes is 1. The first-order valence-corrected chi connectivity index (χ1v) is 17.5. The molecule has 6 rings (SSSR count). The Bertz CT molecular complexity index is 1290. The third-order valence-electron chi connectivity index (χ3n) is 13.6. The molecule has 0 radical (unpaired) electrons. The molecule has 5 aliphatic carbocycles. The van der Waals surface area contributed by atoms with Crippen LogP contribution in [0.5, 0.6) is 0 Å². The van der Waals surface area contributed by atoms with Gasteiger partial charge in [0.25, 0.3) is 0 Å². The number of ether oxygens (including phenoxy) is 2. The molecule has 0 heterocycles. The second-order valence-electron chi connectivity index (χ2n) is 15.6. The van der Waals surface area contributed by atoms with E-state index in [2.05, 4.69) is 32.8 Å². The fourth-order valence-electron chi connectivity index (χ4n) is 11.3. The molecular formula is C38H53NO6. The van der Waals surface area contributed by atoms with E-state index in [-0.39, 0.29) is 48.0 Å². The molecule has 4 saturated carbocycles. The van der Waals surface area contributed by atoms with Gasteiger partial charge in [0, 0.05) is 6.42 Å². The van der Waals surface area contributed by atoms with Gasteiger partial charge in [-0.05, 0) is 128 Å². The highest BCUT2D eigenvalue weighted by Gasteiger charge is 2.62. The minimum Gasteiger partial charge on any atom is -0.428 e. The van der Waals surface area contributed by atoms with Gasteiger partial charge in [0.15, 0.2) is 0 Å². The lowest BCUT2D eigenvalue weighted by Gasteiger charge is -2.62. The average Bonchev–Trinajstić information content (AvgIpc) is 3.60. The number of rotatable bonds is 8. The predicted molar refractivity (Wildman–Crippen MR) is 171 cm³/mol. The number of aliphatic hydroxyl groups excluding tert-OH is 2. The largest absolute Gasteiger partial charge is 0.428 e. The van der Waals surface area contributed by atoms with Crippen LogP contribution in [0.15, 0.2) is 24.3 Å². The predicted octanol–water partition coefficient (Wildman–Crippen LogP) is 6.65. The SMILES string of the molecule is C#CCN(C(=O)OCOC(=O)CC[C@@H](C)[C@H]1CC[C@H]2[C@@H]3[C@@H](O)C[C@@H]4C[C@H](O)CC[C@]4(C)[C@H]3CC[C@]12C)[C@@H]1CCc2ccccc21. The van der Waals surface area contributed by atoms with E-state index >= 15 is 0 Å². The van der Waals surface area contributed by atoms with E-state index in [4.69, 9.17) is 15.9 Å². The molecule has 0 aromatic heterocycles. The number of hydrogen-bond donors (Lipinski definition) is 2. The van der Waals surface area contributed by atoms with E-state index in [9.17, 15) is 19.8 Å². The maximum Gasteiger partial charge on any atom is 0.413 e.